The first-order valence-electron chi connectivity index (χ1n) is 7.53. The Morgan fingerprint density at radius 3 is 2.09 bits per heavy atom. The van der Waals surface area contributed by atoms with Crippen LogP contribution in [0, 0.1) is 25.5 Å². The molecule has 0 radical (unpaired) electrons. The molecule has 3 rings (SSSR count). The van der Waals surface area contributed by atoms with E-state index in [4.69, 9.17) is 0 Å². The normalized spacial score (nSPS) is 15.2. The summed E-state index contributed by atoms with van der Waals surface area (Å²) in [4.78, 5) is 8.70. The van der Waals surface area contributed by atoms with Crippen molar-refractivity contribution in [2.75, 3.05) is 36.0 Å². The number of hydrogen-bond acceptors (Lipinski definition) is 3. The molecule has 2 heterocycles. The molecular formula is C17H18BrF2N3. The van der Waals surface area contributed by atoms with Crippen LogP contribution in [0.1, 0.15) is 11.1 Å². The lowest BCUT2D eigenvalue weighted by Crippen LogP contribution is -2.47. The Bertz CT molecular complexity index is 705. The van der Waals surface area contributed by atoms with Crippen molar-refractivity contribution in [2.24, 2.45) is 0 Å². The maximum atomic E-state index is 13.7. The maximum Gasteiger partial charge on any atom is 0.131 e. The van der Waals surface area contributed by atoms with Crippen molar-refractivity contribution in [1.82, 2.24) is 4.98 Å². The van der Waals surface area contributed by atoms with Gasteiger partial charge in [0, 0.05) is 48.1 Å². The molecule has 0 N–H and O–H groups in total. The van der Waals surface area contributed by atoms with Gasteiger partial charge in [0.1, 0.15) is 17.5 Å². The molecular weight excluding hydrogens is 364 g/mol. The fraction of sp³-hybridized carbons (Fsp3) is 0.353. The van der Waals surface area contributed by atoms with Crippen LogP contribution in [0.5, 0.6) is 0 Å². The molecule has 0 unspecified atom stereocenters. The van der Waals surface area contributed by atoms with E-state index in [1.54, 1.807) is 6.20 Å². The van der Waals surface area contributed by atoms with Gasteiger partial charge < -0.3 is 9.80 Å². The third kappa shape index (κ3) is 3.32. The number of pyridine rings is 1. The predicted octanol–water partition coefficient (Wildman–Crippen LogP) is 4.07. The minimum atomic E-state index is -0.493. The van der Waals surface area contributed by atoms with Gasteiger partial charge >= 0.3 is 0 Å². The molecule has 23 heavy (non-hydrogen) atoms. The summed E-state index contributed by atoms with van der Waals surface area (Å²) in [5.74, 6) is -0.0187. The van der Waals surface area contributed by atoms with Gasteiger partial charge in [-0.25, -0.2) is 13.8 Å². The van der Waals surface area contributed by atoms with Crippen molar-refractivity contribution in [3.63, 3.8) is 0 Å². The molecule has 1 aromatic heterocycles. The van der Waals surface area contributed by atoms with Gasteiger partial charge in [-0.05, 0) is 53.5 Å². The summed E-state index contributed by atoms with van der Waals surface area (Å²) in [6.45, 7) is 6.44. The average Bonchev–Trinajstić information content (AvgIpc) is 2.52. The zero-order valence-electron chi connectivity index (χ0n) is 13.1. The van der Waals surface area contributed by atoms with E-state index in [2.05, 4.69) is 25.8 Å². The second kappa shape index (κ2) is 6.43. The number of aromatic nitrogens is 1. The highest BCUT2D eigenvalue weighted by Crippen LogP contribution is 2.25. The Kier molecular flexibility index (Phi) is 4.53. The largest absolute Gasteiger partial charge is 0.368 e. The van der Waals surface area contributed by atoms with Gasteiger partial charge in [0.05, 0.1) is 0 Å². The van der Waals surface area contributed by atoms with Gasteiger partial charge in [-0.15, -0.1) is 0 Å². The molecule has 1 saturated heterocycles. The smallest absolute Gasteiger partial charge is 0.131 e. The Morgan fingerprint density at radius 1 is 0.957 bits per heavy atom. The molecule has 6 heteroatoms. The van der Waals surface area contributed by atoms with Crippen LogP contribution in [-0.2, 0) is 0 Å². The molecule has 0 aliphatic carbocycles. The van der Waals surface area contributed by atoms with Crippen molar-refractivity contribution < 1.29 is 8.78 Å². The van der Waals surface area contributed by atoms with Crippen LogP contribution in [-0.4, -0.2) is 31.2 Å². The standard InChI is InChI=1S/C17H18BrF2N3/c1-11-7-13(18)10-21-17(11)23-5-3-22(4-6-23)14-8-15(19)12(2)16(20)9-14/h7-10H,3-6H2,1-2H3. The van der Waals surface area contributed by atoms with E-state index in [0.717, 1.165) is 28.9 Å². The van der Waals surface area contributed by atoms with Crippen LogP contribution in [0.25, 0.3) is 0 Å². The molecule has 0 spiro atoms. The van der Waals surface area contributed by atoms with Crippen LogP contribution in [0.3, 0.4) is 0 Å². The Hall–Kier alpha value is -1.69. The first-order chi connectivity index (χ1) is 11.0. The number of nitrogens with zero attached hydrogens (tertiary/aromatic N) is 3. The lowest BCUT2D eigenvalue weighted by molar-refractivity contribution is 0.564. The summed E-state index contributed by atoms with van der Waals surface area (Å²) in [5.41, 5.74) is 1.79. The lowest BCUT2D eigenvalue weighted by atomic mass is 10.1. The van der Waals surface area contributed by atoms with Crippen LogP contribution in [0.2, 0.25) is 0 Å². The van der Waals surface area contributed by atoms with E-state index >= 15 is 0 Å². The summed E-state index contributed by atoms with van der Waals surface area (Å²) < 4.78 is 28.4. The lowest BCUT2D eigenvalue weighted by Gasteiger charge is -2.37. The van der Waals surface area contributed by atoms with Crippen LogP contribution in [0.15, 0.2) is 28.9 Å². The summed E-state index contributed by atoms with van der Waals surface area (Å²) >= 11 is 3.42. The number of piperazine rings is 1. The number of hydrogen-bond donors (Lipinski definition) is 0. The summed E-state index contributed by atoms with van der Waals surface area (Å²) in [5, 5.41) is 0. The molecule has 3 nitrogen and oxygen atoms in total. The van der Waals surface area contributed by atoms with Gasteiger partial charge in [0.2, 0.25) is 0 Å². The number of anilines is 2. The predicted molar refractivity (Wildman–Crippen MR) is 92.2 cm³/mol. The molecule has 1 aromatic carbocycles. The SMILES string of the molecule is Cc1cc(Br)cnc1N1CCN(c2cc(F)c(C)c(F)c2)CC1. The molecule has 0 saturated carbocycles. The Morgan fingerprint density at radius 2 is 1.52 bits per heavy atom. The van der Waals surface area contributed by atoms with E-state index in [-0.39, 0.29) is 5.56 Å². The van der Waals surface area contributed by atoms with Crippen molar-refractivity contribution in [3.05, 3.63) is 51.6 Å². The highest BCUT2D eigenvalue weighted by molar-refractivity contribution is 9.10. The highest BCUT2D eigenvalue weighted by Gasteiger charge is 2.21. The average molecular weight is 382 g/mol. The molecule has 0 amide bonds. The van der Waals surface area contributed by atoms with E-state index < -0.39 is 11.6 Å². The molecule has 1 fully saturated rings. The van der Waals surface area contributed by atoms with E-state index in [1.165, 1.54) is 19.1 Å². The number of benzene rings is 1. The summed E-state index contributed by atoms with van der Waals surface area (Å²) in [6.07, 6.45) is 1.79. The summed E-state index contributed by atoms with van der Waals surface area (Å²) in [6, 6.07) is 4.87. The second-order valence-corrected chi connectivity index (χ2v) is 6.72. The van der Waals surface area contributed by atoms with Crippen molar-refractivity contribution in [1.29, 1.82) is 0 Å². The Labute approximate surface area is 143 Å². The Balaban J connectivity index is 1.73. The molecule has 0 atom stereocenters. The molecule has 0 bridgehead atoms. The first kappa shape index (κ1) is 16.2. The number of halogens is 3. The van der Waals surface area contributed by atoms with E-state index in [1.807, 2.05) is 17.9 Å². The van der Waals surface area contributed by atoms with E-state index in [0.29, 0.717) is 18.8 Å². The van der Waals surface area contributed by atoms with Crippen molar-refractivity contribution in [2.45, 2.75) is 13.8 Å². The zero-order valence-corrected chi connectivity index (χ0v) is 14.7. The molecule has 122 valence electrons. The third-order valence-electron chi connectivity index (χ3n) is 4.23. The van der Waals surface area contributed by atoms with Gasteiger partial charge in [-0.3, -0.25) is 0 Å². The first-order valence-corrected chi connectivity index (χ1v) is 8.32. The molecule has 1 aliphatic rings. The number of rotatable bonds is 2. The van der Waals surface area contributed by atoms with Crippen molar-refractivity contribution >= 4 is 27.4 Å². The van der Waals surface area contributed by atoms with Crippen LogP contribution < -0.4 is 9.80 Å². The fourth-order valence-corrected chi connectivity index (χ4v) is 3.30. The van der Waals surface area contributed by atoms with E-state index in [9.17, 15) is 8.78 Å². The topological polar surface area (TPSA) is 19.4 Å². The zero-order chi connectivity index (χ0) is 16.6. The molecule has 1 aliphatic heterocycles. The third-order valence-corrected chi connectivity index (χ3v) is 4.66. The quantitative estimate of drug-likeness (QED) is 0.781. The second-order valence-electron chi connectivity index (χ2n) is 5.80. The highest BCUT2D eigenvalue weighted by atomic mass is 79.9. The minimum Gasteiger partial charge on any atom is -0.368 e. The fourth-order valence-electron chi connectivity index (χ4n) is 2.86. The van der Waals surface area contributed by atoms with Gasteiger partial charge in [-0.2, -0.15) is 0 Å². The van der Waals surface area contributed by atoms with Crippen LogP contribution in [0.4, 0.5) is 20.3 Å². The van der Waals surface area contributed by atoms with Gasteiger partial charge in [0.25, 0.3) is 0 Å². The maximum absolute atomic E-state index is 13.7. The monoisotopic (exact) mass is 381 g/mol. The van der Waals surface area contributed by atoms with Crippen molar-refractivity contribution in [3.8, 4) is 0 Å². The summed E-state index contributed by atoms with van der Waals surface area (Å²) in [7, 11) is 0. The van der Waals surface area contributed by atoms with Gasteiger partial charge in [-0.1, -0.05) is 0 Å². The molecule has 2 aromatic rings. The van der Waals surface area contributed by atoms with Crippen LogP contribution >= 0.6 is 15.9 Å². The van der Waals surface area contributed by atoms with Gasteiger partial charge in [0.15, 0.2) is 0 Å². The number of aryl methyl sites for hydroxylation is 1. The minimum absolute atomic E-state index is 0.0714.